The number of halogens is 1. The average molecular weight is 276 g/mol. The summed E-state index contributed by atoms with van der Waals surface area (Å²) in [6.07, 6.45) is 2.28. The minimum absolute atomic E-state index is 0.635. The molecule has 0 saturated carbocycles. The first kappa shape index (κ1) is 10.6. The van der Waals surface area contributed by atoms with Crippen LogP contribution < -0.4 is 5.32 Å². The van der Waals surface area contributed by atoms with Crippen molar-refractivity contribution in [3.8, 4) is 0 Å². The van der Waals surface area contributed by atoms with E-state index in [1.807, 2.05) is 0 Å². The van der Waals surface area contributed by atoms with Gasteiger partial charge < -0.3 is 10.1 Å². The smallest absolute Gasteiger partial charge is 0.0743 e. The van der Waals surface area contributed by atoms with Crippen LogP contribution in [0.5, 0.6) is 0 Å². The second-order valence-electron chi connectivity index (χ2n) is 3.49. The van der Waals surface area contributed by atoms with Crippen molar-refractivity contribution in [1.82, 2.24) is 5.32 Å². The second kappa shape index (κ2) is 5.26. The SMILES string of the molecule is Brc1sccc1CNC1CCOCC1. The fourth-order valence-electron chi connectivity index (χ4n) is 1.60. The van der Waals surface area contributed by atoms with Gasteiger partial charge in [0.05, 0.1) is 3.79 Å². The minimum Gasteiger partial charge on any atom is -0.381 e. The van der Waals surface area contributed by atoms with Gasteiger partial charge >= 0.3 is 0 Å². The molecule has 0 atom stereocenters. The number of hydrogen-bond donors (Lipinski definition) is 1. The van der Waals surface area contributed by atoms with Gasteiger partial charge in [-0.1, -0.05) is 0 Å². The molecule has 1 aromatic rings. The lowest BCUT2D eigenvalue weighted by atomic mass is 10.1. The van der Waals surface area contributed by atoms with Crippen LogP contribution in [0.2, 0.25) is 0 Å². The Morgan fingerprint density at radius 1 is 1.50 bits per heavy atom. The summed E-state index contributed by atoms with van der Waals surface area (Å²) in [5.41, 5.74) is 1.36. The topological polar surface area (TPSA) is 21.3 Å². The maximum absolute atomic E-state index is 5.31. The lowest BCUT2D eigenvalue weighted by Crippen LogP contribution is -2.34. The third-order valence-corrected chi connectivity index (χ3v) is 4.31. The monoisotopic (exact) mass is 275 g/mol. The normalized spacial score (nSPS) is 18.6. The predicted octanol–water partition coefficient (Wildman–Crippen LogP) is 2.78. The van der Waals surface area contributed by atoms with E-state index in [2.05, 4.69) is 32.7 Å². The molecule has 0 radical (unpaired) electrons. The van der Waals surface area contributed by atoms with Crippen LogP contribution in [-0.2, 0) is 11.3 Å². The van der Waals surface area contributed by atoms with Crippen LogP contribution in [0.3, 0.4) is 0 Å². The molecular weight excluding hydrogens is 262 g/mol. The molecular formula is C10H14BrNOS. The van der Waals surface area contributed by atoms with E-state index in [1.54, 1.807) is 11.3 Å². The molecule has 1 aliphatic heterocycles. The summed E-state index contributed by atoms with van der Waals surface area (Å²) in [5, 5.41) is 5.68. The number of rotatable bonds is 3. The van der Waals surface area contributed by atoms with Crippen molar-refractivity contribution in [2.75, 3.05) is 13.2 Å². The molecule has 1 fully saturated rings. The Morgan fingerprint density at radius 2 is 2.29 bits per heavy atom. The molecule has 2 rings (SSSR count). The van der Waals surface area contributed by atoms with Gasteiger partial charge in [-0.2, -0.15) is 0 Å². The molecule has 14 heavy (non-hydrogen) atoms. The van der Waals surface area contributed by atoms with Gasteiger partial charge in [0.15, 0.2) is 0 Å². The highest BCUT2D eigenvalue weighted by Crippen LogP contribution is 2.23. The maximum Gasteiger partial charge on any atom is 0.0743 e. The molecule has 0 spiro atoms. The second-order valence-corrected chi connectivity index (χ2v) is 5.72. The van der Waals surface area contributed by atoms with Crippen LogP contribution >= 0.6 is 27.3 Å². The summed E-state index contributed by atoms with van der Waals surface area (Å²) in [4.78, 5) is 0. The number of nitrogens with one attached hydrogen (secondary N) is 1. The fourth-order valence-corrected chi connectivity index (χ4v) is 2.84. The molecule has 0 bridgehead atoms. The Hall–Kier alpha value is 0.1000. The van der Waals surface area contributed by atoms with Crippen molar-refractivity contribution in [1.29, 1.82) is 0 Å². The van der Waals surface area contributed by atoms with Gasteiger partial charge in [0, 0.05) is 25.8 Å². The molecule has 1 aliphatic rings. The van der Waals surface area contributed by atoms with Crippen LogP contribution in [0, 0.1) is 0 Å². The summed E-state index contributed by atoms with van der Waals surface area (Å²) in [6.45, 7) is 2.78. The van der Waals surface area contributed by atoms with Crippen LogP contribution in [0.4, 0.5) is 0 Å². The minimum atomic E-state index is 0.635. The molecule has 0 unspecified atom stereocenters. The van der Waals surface area contributed by atoms with Crippen molar-refractivity contribution < 1.29 is 4.74 Å². The van der Waals surface area contributed by atoms with E-state index in [1.165, 1.54) is 9.35 Å². The lowest BCUT2D eigenvalue weighted by Gasteiger charge is -2.23. The number of hydrogen-bond acceptors (Lipinski definition) is 3. The highest BCUT2D eigenvalue weighted by molar-refractivity contribution is 9.11. The van der Waals surface area contributed by atoms with E-state index in [0.29, 0.717) is 6.04 Å². The molecule has 78 valence electrons. The summed E-state index contributed by atoms with van der Waals surface area (Å²) in [5.74, 6) is 0. The first-order chi connectivity index (χ1) is 6.86. The van der Waals surface area contributed by atoms with E-state index in [4.69, 9.17) is 4.74 Å². The van der Waals surface area contributed by atoms with Crippen molar-refractivity contribution in [2.24, 2.45) is 0 Å². The molecule has 2 nitrogen and oxygen atoms in total. The molecule has 1 N–H and O–H groups in total. The first-order valence-corrected chi connectivity index (χ1v) is 6.56. The van der Waals surface area contributed by atoms with Gasteiger partial charge in [-0.15, -0.1) is 11.3 Å². The Balaban J connectivity index is 1.79. The third kappa shape index (κ3) is 2.79. The molecule has 0 aromatic carbocycles. The Labute approximate surface area is 96.8 Å². The van der Waals surface area contributed by atoms with E-state index in [9.17, 15) is 0 Å². The molecule has 1 aromatic heterocycles. The van der Waals surface area contributed by atoms with E-state index in [0.717, 1.165) is 32.6 Å². The van der Waals surface area contributed by atoms with Gasteiger partial charge in [-0.25, -0.2) is 0 Å². The largest absolute Gasteiger partial charge is 0.381 e. The third-order valence-electron chi connectivity index (χ3n) is 2.50. The first-order valence-electron chi connectivity index (χ1n) is 4.89. The summed E-state index contributed by atoms with van der Waals surface area (Å²) in [6, 6.07) is 2.80. The van der Waals surface area contributed by atoms with Crippen molar-refractivity contribution in [3.63, 3.8) is 0 Å². The lowest BCUT2D eigenvalue weighted by molar-refractivity contribution is 0.0776. The van der Waals surface area contributed by atoms with Crippen molar-refractivity contribution >= 4 is 27.3 Å². The van der Waals surface area contributed by atoms with Crippen LogP contribution in [0.25, 0.3) is 0 Å². The van der Waals surface area contributed by atoms with Gasteiger partial charge in [0.2, 0.25) is 0 Å². The molecule has 0 aliphatic carbocycles. The quantitative estimate of drug-likeness (QED) is 0.916. The van der Waals surface area contributed by atoms with Gasteiger partial charge in [-0.05, 0) is 45.8 Å². The predicted molar refractivity (Wildman–Crippen MR) is 62.7 cm³/mol. The summed E-state index contributed by atoms with van der Waals surface area (Å²) in [7, 11) is 0. The Morgan fingerprint density at radius 3 is 2.93 bits per heavy atom. The average Bonchev–Trinajstić information content (AvgIpc) is 2.63. The van der Waals surface area contributed by atoms with Crippen LogP contribution in [-0.4, -0.2) is 19.3 Å². The van der Waals surface area contributed by atoms with Gasteiger partial charge in [0.25, 0.3) is 0 Å². The van der Waals surface area contributed by atoms with E-state index >= 15 is 0 Å². The Bertz CT molecular complexity index is 283. The number of thiophene rings is 1. The van der Waals surface area contributed by atoms with E-state index < -0.39 is 0 Å². The van der Waals surface area contributed by atoms with Crippen molar-refractivity contribution in [3.05, 3.63) is 20.8 Å². The van der Waals surface area contributed by atoms with Gasteiger partial charge in [0.1, 0.15) is 0 Å². The maximum atomic E-state index is 5.31. The molecule has 2 heterocycles. The fraction of sp³-hybridized carbons (Fsp3) is 0.600. The standard InChI is InChI=1S/C10H14BrNOS/c11-10-8(3-6-14-10)7-12-9-1-4-13-5-2-9/h3,6,9,12H,1-2,4-5,7H2. The zero-order chi connectivity index (χ0) is 9.80. The Kier molecular flexibility index (Phi) is 3.99. The summed E-state index contributed by atoms with van der Waals surface area (Å²) < 4.78 is 6.56. The molecule has 0 amide bonds. The van der Waals surface area contributed by atoms with E-state index in [-0.39, 0.29) is 0 Å². The molecule has 1 saturated heterocycles. The van der Waals surface area contributed by atoms with Gasteiger partial charge in [-0.3, -0.25) is 0 Å². The molecule has 4 heteroatoms. The van der Waals surface area contributed by atoms with Crippen LogP contribution in [0.1, 0.15) is 18.4 Å². The highest BCUT2D eigenvalue weighted by atomic mass is 79.9. The van der Waals surface area contributed by atoms with Crippen molar-refractivity contribution in [2.45, 2.75) is 25.4 Å². The zero-order valence-electron chi connectivity index (χ0n) is 7.96. The van der Waals surface area contributed by atoms with Crippen LogP contribution in [0.15, 0.2) is 15.2 Å². The summed E-state index contributed by atoms with van der Waals surface area (Å²) >= 11 is 5.29. The zero-order valence-corrected chi connectivity index (χ0v) is 10.4. The number of ether oxygens (including phenoxy) is 1. The highest BCUT2D eigenvalue weighted by Gasteiger charge is 2.13.